The minimum absolute atomic E-state index is 0.202. The van der Waals surface area contributed by atoms with E-state index in [4.69, 9.17) is 9.47 Å². The zero-order valence-corrected chi connectivity index (χ0v) is 9.80. The van der Waals surface area contributed by atoms with E-state index in [2.05, 4.69) is 24.8 Å². The van der Waals surface area contributed by atoms with Crippen LogP contribution in [0.1, 0.15) is 12.0 Å². The third kappa shape index (κ3) is 1.99. The quantitative estimate of drug-likeness (QED) is 0.791. The maximum atomic E-state index is 5.34. The molecular weight excluding hydrogens is 208 g/mol. The first kappa shape index (κ1) is 10.8. The molecule has 2 nitrogen and oxygen atoms in total. The molecule has 0 spiro atoms. The Bertz CT molecular complexity index is 317. The van der Waals surface area contributed by atoms with E-state index in [1.165, 1.54) is 5.56 Å². The molecule has 0 bridgehead atoms. The van der Waals surface area contributed by atoms with Crippen LogP contribution in [0.3, 0.4) is 0 Å². The Morgan fingerprint density at radius 2 is 2.00 bits per heavy atom. The van der Waals surface area contributed by atoms with Gasteiger partial charge in [-0.2, -0.15) is 12.6 Å². The first-order valence-electron chi connectivity index (χ1n) is 5.14. The van der Waals surface area contributed by atoms with Crippen molar-refractivity contribution in [2.45, 2.75) is 11.8 Å². The second-order valence-electron chi connectivity index (χ2n) is 3.98. The molecule has 0 unspecified atom stereocenters. The Hall–Kier alpha value is -0.670. The lowest BCUT2D eigenvalue weighted by atomic mass is 9.76. The molecule has 1 aliphatic heterocycles. The predicted molar refractivity (Wildman–Crippen MR) is 64.0 cm³/mol. The molecule has 3 heteroatoms. The number of ether oxygens (including phenoxy) is 2. The normalized spacial score (nSPS) is 18.3. The van der Waals surface area contributed by atoms with Crippen molar-refractivity contribution in [2.75, 3.05) is 26.1 Å². The van der Waals surface area contributed by atoms with Gasteiger partial charge in [-0.15, -0.1) is 0 Å². The molecule has 2 rings (SSSR count). The lowest BCUT2D eigenvalue weighted by Gasteiger charge is -2.42. The minimum Gasteiger partial charge on any atom is -0.497 e. The van der Waals surface area contributed by atoms with Crippen LogP contribution in [0.15, 0.2) is 24.3 Å². The van der Waals surface area contributed by atoms with Crippen LogP contribution in [0.4, 0.5) is 0 Å². The maximum Gasteiger partial charge on any atom is 0.118 e. The van der Waals surface area contributed by atoms with E-state index in [0.29, 0.717) is 0 Å². The molecule has 0 amide bonds. The molecule has 1 aromatic rings. The van der Waals surface area contributed by atoms with Gasteiger partial charge >= 0.3 is 0 Å². The molecule has 1 saturated heterocycles. The molecule has 0 aromatic heterocycles. The van der Waals surface area contributed by atoms with Gasteiger partial charge in [0.25, 0.3) is 0 Å². The van der Waals surface area contributed by atoms with Crippen LogP contribution in [-0.4, -0.2) is 26.1 Å². The molecule has 15 heavy (non-hydrogen) atoms. The lowest BCUT2D eigenvalue weighted by Crippen LogP contribution is -2.47. The van der Waals surface area contributed by atoms with Gasteiger partial charge in [0, 0.05) is 5.41 Å². The molecule has 82 valence electrons. The van der Waals surface area contributed by atoms with Crippen LogP contribution in [-0.2, 0) is 10.2 Å². The Morgan fingerprint density at radius 3 is 2.40 bits per heavy atom. The summed E-state index contributed by atoms with van der Waals surface area (Å²) in [6.45, 7) is 1.64. The van der Waals surface area contributed by atoms with Gasteiger partial charge < -0.3 is 9.47 Å². The monoisotopic (exact) mass is 224 g/mol. The number of hydrogen-bond acceptors (Lipinski definition) is 3. The Labute approximate surface area is 96.0 Å². The van der Waals surface area contributed by atoms with E-state index in [1.54, 1.807) is 7.11 Å². The molecular formula is C12H16O2S. The fraction of sp³-hybridized carbons (Fsp3) is 0.500. The van der Waals surface area contributed by atoms with Crippen LogP contribution < -0.4 is 4.74 Å². The number of thiol groups is 1. The number of rotatable bonds is 4. The Balaban J connectivity index is 2.19. The van der Waals surface area contributed by atoms with Crippen LogP contribution in [0.25, 0.3) is 0 Å². The summed E-state index contributed by atoms with van der Waals surface area (Å²) >= 11 is 4.31. The highest BCUT2D eigenvalue weighted by atomic mass is 32.1. The standard InChI is InChI=1S/C12H16O2S/c1-13-11-4-2-10(3-5-11)12(6-7-15)8-14-9-12/h2-5,15H,6-9H2,1H3. The van der Waals surface area contributed by atoms with Crippen molar-refractivity contribution in [3.63, 3.8) is 0 Å². The molecule has 1 aromatic carbocycles. The third-order valence-corrected chi connectivity index (χ3v) is 3.27. The average Bonchev–Trinajstić information content (AvgIpc) is 2.24. The maximum absolute atomic E-state index is 5.34. The van der Waals surface area contributed by atoms with Crippen molar-refractivity contribution in [2.24, 2.45) is 0 Å². The van der Waals surface area contributed by atoms with E-state index >= 15 is 0 Å². The molecule has 1 heterocycles. The summed E-state index contributed by atoms with van der Waals surface area (Å²) < 4.78 is 10.5. The van der Waals surface area contributed by atoms with Gasteiger partial charge in [-0.3, -0.25) is 0 Å². The average molecular weight is 224 g/mol. The van der Waals surface area contributed by atoms with E-state index in [0.717, 1.165) is 31.1 Å². The fourth-order valence-electron chi connectivity index (χ4n) is 1.96. The van der Waals surface area contributed by atoms with Crippen molar-refractivity contribution in [1.82, 2.24) is 0 Å². The van der Waals surface area contributed by atoms with Crippen molar-refractivity contribution in [3.8, 4) is 5.75 Å². The van der Waals surface area contributed by atoms with Crippen molar-refractivity contribution >= 4 is 12.6 Å². The Kier molecular flexibility index (Phi) is 3.22. The third-order valence-electron chi connectivity index (χ3n) is 3.05. The summed E-state index contributed by atoms with van der Waals surface area (Å²) in [7, 11) is 1.69. The number of benzene rings is 1. The van der Waals surface area contributed by atoms with Gasteiger partial charge in [-0.1, -0.05) is 12.1 Å². The first-order chi connectivity index (χ1) is 7.30. The SMILES string of the molecule is COc1ccc(C2(CCS)COC2)cc1. The molecule has 0 N–H and O–H groups in total. The summed E-state index contributed by atoms with van der Waals surface area (Å²) in [4.78, 5) is 0. The van der Waals surface area contributed by atoms with Gasteiger partial charge in [0.15, 0.2) is 0 Å². The van der Waals surface area contributed by atoms with E-state index in [1.807, 2.05) is 12.1 Å². The molecule has 1 aliphatic rings. The van der Waals surface area contributed by atoms with E-state index in [-0.39, 0.29) is 5.41 Å². The van der Waals surface area contributed by atoms with Crippen molar-refractivity contribution in [1.29, 1.82) is 0 Å². The highest BCUT2D eigenvalue weighted by Crippen LogP contribution is 2.36. The van der Waals surface area contributed by atoms with Gasteiger partial charge in [-0.25, -0.2) is 0 Å². The smallest absolute Gasteiger partial charge is 0.118 e. The largest absolute Gasteiger partial charge is 0.497 e. The van der Waals surface area contributed by atoms with Crippen molar-refractivity contribution in [3.05, 3.63) is 29.8 Å². The second kappa shape index (κ2) is 4.45. The fourth-order valence-corrected chi connectivity index (χ4v) is 2.39. The van der Waals surface area contributed by atoms with Crippen LogP contribution in [0.2, 0.25) is 0 Å². The van der Waals surface area contributed by atoms with Gasteiger partial charge in [0.2, 0.25) is 0 Å². The summed E-state index contributed by atoms with van der Waals surface area (Å²) in [5.74, 6) is 1.80. The van der Waals surface area contributed by atoms with Gasteiger partial charge in [0.05, 0.1) is 20.3 Å². The molecule has 1 fully saturated rings. The summed E-state index contributed by atoms with van der Waals surface area (Å²) in [6.07, 6.45) is 1.07. The highest BCUT2D eigenvalue weighted by Gasteiger charge is 2.39. The second-order valence-corrected chi connectivity index (χ2v) is 4.42. The number of hydrogen-bond donors (Lipinski definition) is 1. The molecule has 0 radical (unpaired) electrons. The predicted octanol–water partition coefficient (Wildman–Crippen LogP) is 2.28. The minimum atomic E-state index is 0.202. The lowest BCUT2D eigenvalue weighted by molar-refractivity contribution is -0.0613. The van der Waals surface area contributed by atoms with Crippen LogP contribution >= 0.6 is 12.6 Å². The highest BCUT2D eigenvalue weighted by molar-refractivity contribution is 7.80. The Morgan fingerprint density at radius 1 is 1.33 bits per heavy atom. The zero-order valence-electron chi connectivity index (χ0n) is 8.90. The van der Waals surface area contributed by atoms with Crippen LogP contribution in [0, 0.1) is 0 Å². The van der Waals surface area contributed by atoms with Crippen molar-refractivity contribution < 1.29 is 9.47 Å². The molecule has 0 saturated carbocycles. The molecule has 0 atom stereocenters. The number of methoxy groups -OCH3 is 1. The van der Waals surface area contributed by atoms with E-state index < -0.39 is 0 Å². The summed E-state index contributed by atoms with van der Waals surface area (Å²) in [5.41, 5.74) is 1.54. The van der Waals surface area contributed by atoms with Gasteiger partial charge in [-0.05, 0) is 29.9 Å². The van der Waals surface area contributed by atoms with Gasteiger partial charge in [0.1, 0.15) is 5.75 Å². The van der Waals surface area contributed by atoms with E-state index in [9.17, 15) is 0 Å². The molecule has 0 aliphatic carbocycles. The summed E-state index contributed by atoms with van der Waals surface area (Å²) in [5, 5.41) is 0. The van der Waals surface area contributed by atoms with Crippen LogP contribution in [0.5, 0.6) is 5.75 Å². The first-order valence-corrected chi connectivity index (χ1v) is 5.77. The zero-order chi connectivity index (χ0) is 10.7. The summed E-state index contributed by atoms with van der Waals surface area (Å²) in [6, 6.07) is 8.28. The topological polar surface area (TPSA) is 18.5 Å².